The van der Waals surface area contributed by atoms with Gasteiger partial charge < -0.3 is 10.6 Å². The molecule has 0 atom stereocenters. The lowest BCUT2D eigenvalue weighted by molar-refractivity contribution is -0.131. The Labute approximate surface area is 113 Å². The minimum Gasteiger partial charge on any atom is -0.351 e. The summed E-state index contributed by atoms with van der Waals surface area (Å²) in [5.41, 5.74) is -0.184. The summed E-state index contributed by atoms with van der Waals surface area (Å²) in [7, 11) is 0. The normalized spacial score (nSPS) is 18.6. The van der Waals surface area contributed by atoms with Crippen molar-refractivity contribution in [3.63, 3.8) is 0 Å². The largest absolute Gasteiger partial charge is 0.351 e. The summed E-state index contributed by atoms with van der Waals surface area (Å²) in [5, 5.41) is 6.39. The Hall–Kier alpha value is -0.870. The second-order valence-electron chi connectivity index (χ2n) is 5.21. The molecule has 18 heavy (non-hydrogen) atoms. The molecule has 1 aromatic heterocycles. The van der Waals surface area contributed by atoms with E-state index in [0.29, 0.717) is 6.54 Å². The van der Waals surface area contributed by atoms with Crippen molar-refractivity contribution in [3.8, 4) is 0 Å². The van der Waals surface area contributed by atoms with Gasteiger partial charge in [-0.05, 0) is 44.5 Å². The fourth-order valence-electron chi connectivity index (χ4n) is 2.29. The molecule has 1 aromatic rings. The molecule has 2 N–H and O–H groups in total. The summed E-state index contributed by atoms with van der Waals surface area (Å²) in [4.78, 5) is 14.9. The Morgan fingerprint density at radius 3 is 2.67 bits per heavy atom. The van der Waals surface area contributed by atoms with Gasteiger partial charge in [0.05, 0.1) is 6.54 Å². The Morgan fingerprint density at radius 2 is 2.06 bits per heavy atom. The lowest BCUT2D eigenvalue weighted by Gasteiger charge is -2.32. The standard InChI is InChI=1S/C14H22N2OS/c1-3-11-4-5-12(18-11)10-16-13(17)14(2)6-8-15-9-7-14/h4-5,15H,3,6-10H2,1-2H3,(H,16,17). The number of hydrogen-bond donors (Lipinski definition) is 2. The molecule has 1 aliphatic heterocycles. The topological polar surface area (TPSA) is 41.1 Å². The van der Waals surface area contributed by atoms with E-state index in [4.69, 9.17) is 0 Å². The van der Waals surface area contributed by atoms with Crippen molar-refractivity contribution in [2.75, 3.05) is 13.1 Å². The molecule has 0 aromatic carbocycles. The monoisotopic (exact) mass is 266 g/mol. The minimum absolute atomic E-state index is 0.184. The Balaban J connectivity index is 1.87. The Kier molecular flexibility index (Phi) is 4.40. The van der Waals surface area contributed by atoms with Gasteiger partial charge in [-0.3, -0.25) is 4.79 Å². The second kappa shape index (κ2) is 5.85. The van der Waals surface area contributed by atoms with Gasteiger partial charge in [-0.15, -0.1) is 11.3 Å². The van der Waals surface area contributed by atoms with E-state index in [1.165, 1.54) is 9.75 Å². The average molecular weight is 266 g/mol. The van der Waals surface area contributed by atoms with Crippen molar-refractivity contribution in [2.45, 2.75) is 39.7 Å². The van der Waals surface area contributed by atoms with Crippen LogP contribution in [0.3, 0.4) is 0 Å². The zero-order valence-electron chi connectivity index (χ0n) is 11.2. The van der Waals surface area contributed by atoms with E-state index in [2.05, 4.69) is 36.6 Å². The first-order valence-corrected chi connectivity index (χ1v) is 7.52. The summed E-state index contributed by atoms with van der Waals surface area (Å²) >= 11 is 1.79. The van der Waals surface area contributed by atoms with Crippen LogP contribution in [0.15, 0.2) is 12.1 Å². The molecule has 0 radical (unpaired) electrons. The van der Waals surface area contributed by atoms with Crippen molar-refractivity contribution in [1.82, 2.24) is 10.6 Å². The number of thiophene rings is 1. The molecular weight excluding hydrogens is 244 g/mol. The van der Waals surface area contributed by atoms with Gasteiger partial charge in [0.2, 0.25) is 5.91 Å². The third kappa shape index (κ3) is 3.12. The predicted molar refractivity (Wildman–Crippen MR) is 75.8 cm³/mol. The van der Waals surface area contributed by atoms with E-state index in [1.807, 2.05) is 0 Å². The molecule has 0 unspecified atom stereocenters. The lowest BCUT2D eigenvalue weighted by atomic mass is 9.80. The van der Waals surface area contributed by atoms with E-state index in [0.717, 1.165) is 32.4 Å². The van der Waals surface area contributed by atoms with Crippen LogP contribution in [0.25, 0.3) is 0 Å². The maximum atomic E-state index is 12.2. The zero-order valence-corrected chi connectivity index (χ0v) is 12.0. The molecule has 1 amide bonds. The number of hydrogen-bond acceptors (Lipinski definition) is 3. The van der Waals surface area contributed by atoms with Crippen molar-refractivity contribution >= 4 is 17.2 Å². The van der Waals surface area contributed by atoms with Crippen LogP contribution in [0.4, 0.5) is 0 Å². The van der Waals surface area contributed by atoms with Gasteiger partial charge in [-0.1, -0.05) is 13.8 Å². The molecule has 4 heteroatoms. The van der Waals surface area contributed by atoms with Gasteiger partial charge >= 0.3 is 0 Å². The summed E-state index contributed by atoms with van der Waals surface area (Å²) in [6, 6.07) is 4.27. The quantitative estimate of drug-likeness (QED) is 0.878. The predicted octanol–water partition coefficient (Wildman–Crippen LogP) is 2.32. The first kappa shape index (κ1) is 13.6. The van der Waals surface area contributed by atoms with Crippen LogP contribution >= 0.6 is 11.3 Å². The van der Waals surface area contributed by atoms with Gasteiger partial charge in [-0.2, -0.15) is 0 Å². The number of carbonyl (C=O) groups excluding carboxylic acids is 1. The van der Waals surface area contributed by atoms with E-state index in [9.17, 15) is 4.79 Å². The van der Waals surface area contributed by atoms with Gasteiger partial charge in [-0.25, -0.2) is 0 Å². The molecule has 100 valence electrons. The maximum absolute atomic E-state index is 12.2. The molecule has 2 rings (SSSR count). The third-order valence-electron chi connectivity index (χ3n) is 3.74. The summed E-state index contributed by atoms with van der Waals surface area (Å²) in [5.74, 6) is 0.204. The molecule has 1 aliphatic rings. The van der Waals surface area contributed by atoms with E-state index in [1.54, 1.807) is 11.3 Å². The fourth-order valence-corrected chi connectivity index (χ4v) is 3.19. The van der Waals surface area contributed by atoms with Crippen molar-refractivity contribution < 1.29 is 4.79 Å². The van der Waals surface area contributed by atoms with E-state index < -0.39 is 0 Å². The number of amides is 1. The van der Waals surface area contributed by atoms with Gasteiger partial charge in [0.25, 0.3) is 0 Å². The zero-order chi connectivity index (χ0) is 13.0. The number of nitrogens with one attached hydrogen (secondary N) is 2. The van der Waals surface area contributed by atoms with Crippen molar-refractivity contribution in [1.29, 1.82) is 0 Å². The number of piperidine rings is 1. The highest BCUT2D eigenvalue weighted by atomic mass is 32.1. The minimum atomic E-state index is -0.184. The second-order valence-corrected chi connectivity index (χ2v) is 6.47. The van der Waals surface area contributed by atoms with E-state index >= 15 is 0 Å². The first-order chi connectivity index (χ1) is 8.64. The van der Waals surface area contributed by atoms with Gasteiger partial charge in [0, 0.05) is 15.2 Å². The Bertz CT molecular complexity index is 408. The summed E-state index contributed by atoms with van der Waals surface area (Å²) in [6.45, 7) is 6.80. The number of aryl methyl sites for hydroxylation is 1. The fraction of sp³-hybridized carbons (Fsp3) is 0.643. The molecule has 2 heterocycles. The highest BCUT2D eigenvalue weighted by molar-refractivity contribution is 7.11. The molecule has 0 saturated carbocycles. The van der Waals surface area contributed by atoms with Crippen LogP contribution in [0, 0.1) is 5.41 Å². The summed E-state index contributed by atoms with van der Waals surface area (Å²) < 4.78 is 0. The van der Waals surface area contributed by atoms with Gasteiger partial charge in [0.15, 0.2) is 0 Å². The molecule has 0 bridgehead atoms. The molecule has 3 nitrogen and oxygen atoms in total. The van der Waals surface area contributed by atoms with Crippen LogP contribution in [0.5, 0.6) is 0 Å². The lowest BCUT2D eigenvalue weighted by Crippen LogP contribution is -2.45. The third-order valence-corrected chi connectivity index (χ3v) is 4.97. The number of carbonyl (C=O) groups is 1. The average Bonchev–Trinajstić information content (AvgIpc) is 2.84. The Morgan fingerprint density at radius 1 is 1.39 bits per heavy atom. The molecule has 0 spiro atoms. The molecule has 0 aliphatic carbocycles. The molecule has 1 fully saturated rings. The van der Waals surface area contributed by atoms with Crippen molar-refractivity contribution in [3.05, 3.63) is 21.9 Å². The van der Waals surface area contributed by atoms with Crippen LogP contribution < -0.4 is 10.6 Å². The van der Waals surface area contributed by atoms with Crippen LogP contribution in [0.1, 0.15) is 36.4 Å². The molecular formula is C14H22N2OS. The highest BCUT2D eigenvalue weighted by Crippen LogP contribution is 2.28. The first-order valence-electron chi connectivity index (χ1n) is 6.71. The SMILES string of the molecule is CCc1ccc(CNC(=O)C2(C)CCNCC2)s1. The van der Waals surface area contributed by atoms with Crippen LogP contribution in [0.2, 0.25) is 0 Å². The summed E-state index contributed by atoms with van der Waals surface area (Å²) in [6.07, 6.45) is 2.94. The van der Waals surface area contributed by atoms with Crippen LogP contribution in [-0.4, -0.2) is 19.0 Å². The molecule has 1 saturated heterocycles. The smallest absolute Gasteiger partial charge is 0.226 e. The van der Waals surface area contributed by atoms with Gasteiger partial charge in [0.1, 0.15) is 0 Å². The van der Waals surface area contributed by atoms with Crippen molar-refractivity contribution in [2.24, 2.45) is 5.41 Å². The van der Waals surface area contributed by atoms with Crippen LogP contribution in [-0.2, 0) is 17.8 Å². The maximum Gasteiger partial charge on any atom is 0.226 e. The van der Waals surface area contributed by atoms with E-state index in [-0.39, 0.29) is 11.3 Å². The number of rotatable bonds is 4. The highest BCUT2D eigenvalue weighted by Gasteiger charge is 2.34.